The van der Waals surface area contributed by atoms with Gasteiger partial charge in [0.2, 0.25) is 0 Å². The molecule has 1 fully saturated rings. The largest absolute Gasteiger partial charge is 0.497 e. The number of hydrogen-bond acceptors (Lipinski definition) is 5. The van der Waals surface area contributed by atoms with Crippen LogP contribution in [-0.4, -0.2) is 48.3 Å². The summed E-state index contributed by atoms with van der Waals surface area (Å²) in [5.41, 5.74) is 1.63. The number of ether oxygens (including phenoxy) is 2. The molecule has 1 spiro atoms. The van der Waals surface area contributed by atoms with Crippen LogP contribution in [0.25, 0.3) is 0 Å². The highest BCUT2D eigenvalue weighted by atomic mass is 35.5. The second kappa shape index (κ2) is 8.86. The van der Waals surface area contributed by atoms with Crippen LogP contribution in [0.15, 0.2) is 42.5 Å². The molecule has 0 saturated carbocycles. The standard InChI is InChI=1S/C23H25ClN2O5/c1-30-19-8-9-20-16(11-19)3-2-10-23(20)21(28)26(22(29)25-23)12-18(27)14-31-13-15-4-6-17(24)7-5-15/h4-9,11,18,27H,2-3,10,12-14H2,1H3,(H,25,29). The number of aliphatic hydroxyl groups excluding tert-OH is 1. The van der Waals surface area contributed by atoms with Crippen molar-refractivity contribution < 1.29 is 24.2 Å². The lowest BCUT2D eigenvalue weighted by Gasteiger charge is -2.33. The smallest absolute Gasteiger partial charge is 0.325 e. The fourth-order valence-corrected chi connectivity index (χ4v) is 4.43. The van der Waals surface area contributed by atoms with Gasteiger partial charge < -0.3 is 19.9 Å². The van der Waals surface area contributed by atoms with Crippen LogP contribution in [0.1, 0.15) is 29.5 Å². The number of amides is 3. The lowest BCUT2D eigenvalue weighted by atomic mass is 9.76. The molecule has 1 aliphatic heterocycles. The molecule has 164 valence electrons. The lowest BCUT2D eigenvalue weighted by molar-refractivity contribution is -0.133. The van der Waals surface area contributed by atoms with Gasteiger partial charge in [0.1, 0.15) is 11.3 Å². The molecule has 4 rings (SSSR count). The second-order valence-corrected chi connectivity index (χ2v) is 8.36. The van der Waals surface area contributed by atoms with Crippen molar-refractivity contribution >= 4 is 23.5 Å². The summed E-state index contributed by atoms with van der Waals surface area (Å²) >= 11 is 5.86. The van der Waals surface area contributed by atoms with E-state index in [4.69, 9.17) is 21.1 Å². The van der Waals surface area contributed by atoms with E-state index in [9.17, 15) is 14.7 Å². The maximum atomic E-state index is 13.3. The Kier molecular flexibility index (Phi) is 6.18. The lowest BCUT2D eigenvalue weighted by Crippen LogP contribution is -2.47. The Labute approximate surface area is 185 Å². The van der Waals surface area contributed by atoms with E-state index in [-0.39, 0.29) is 19.1 Å². The number of halogens is 1. The fourth-order valence-electron chi connectivity index (χ4n) is 4.30. The Morgan fingerprint density at radius 3 is 2.74 bits per heavy atom. The Balaban J connectivity index is 1.41. The number of imide groups is 1. The summed E-state index contributed by atoms with van der Waals surface area (Å²) in [5, 5.41) is 13.9. The molecular formula is C23H25ClN2O5. The van der Waals surface area contributed by atoms with Crippen LogP contribution in [0.4, 0.5) is 4.79 Å². The van der Waals surface area contributed by atoms with Crippen LogP contribution in [0.3, 0.4) is 0 Å². The van der Waals surface area contributed by atoms with Crippen molar-refractivity contribution in [2.24, 2.45) is 0 Å². The average Bonchev–Trinajstić information content (AvgIpc) is 2.99. The summed E-state index contributed by atoms with van der Waals surface area (Å²) in [6.45, 7) is 0.173. The number of aryl methyl sites for hydroxylation is 1. The number of urea groups is 1. The monoisotopic (exact) mass is 444 g/mol. The Hall–Kier alpha value is -2.61. The highest BCUT2D eigenvalue weighted by Crippen LogP contribution is 2.41. The number of nitrogens with zero attached hydrogens (tertiary/aromatic N) is 1. The van der Waals surface area contributed by atoms with E-state index < -0.39 is 17.7 Å². The minimum absolute atomic E-state index is 0.000469. The number of β-amino-alcohol motifs (C(OH)–C–C–N with tert-alkyl or cyclic N) is 1. The van der Waals surface area contributed by atoms with E-state index in [2.05, 4.69) is 5.32 Å². The van der Waals surface area contributed by atoms with E-state index in [0.717, 1.165) is 40.2 Å². The van der Waals surface area contributed by atoms with Crippen LogP contribution < -0.4 is 10.1 Å². The predicted molar refractivity (Wildman–Crippen MR) is 115 cm³/mol. The molecule has 2 aromatic carbocycles. The third-order valence-electron chi connectivity index (χ3n) is 5.83. The zero-order valence-corrected chi connectivity index (χ0v) is 18.0. The first kappa shape index (κ1) is 21.6. The first-order valence-electron chi connectivity index (χ1n) is 10.2. The summed E-state index contributed by atoms with van der Waals surface area (Å²) in [5.74, 6) is 0.387. The molecule has 7 nitrogen and oxygen atoms in total. The zero-order chi connectivity index (χ0) is 22.0. The number of carbonyl (C=O) groups is 2. The van der Waals surface area contributed by atoms with Crippen molar-refractivity contribution in [1.29, 1.82) is 0 Å². The van der Waals surface area contributed by atoms with Gasteiger partial charge in [0.05, 0.1) is 33.0 Å². The Bertz CT molecular complexity index is 980. The third-order valence-corrected chi connectivity index (χ3v) is 6.08. The molecule has 1 saturated heterocycles. The van der Waals surface area contributed by atoms with Crippen LogP contribution in [0, 0.1) is 0 Å². The molecule has 0 bridgehead atoms. The minimum atomic E-state index is -1.08. The van der Waals surface area contributed by atoms with Crippen molar-refractivity contribution in [1.82, 2.24) is 10.2 Å². The maximum Gasteiger partial charge on any atom is 0.325 e. The maximum absolute atomic E-state index is 13.3. The molecule has 2 N–H and O–H groups in total. The first-order valence-corrected chi connectivity index (χ1v) is 10.6. The summed E-state index contributed by atoms with van der Waals surface area (Å²) in [6, 6.07) is 12.3. The van der Waals surface area contributed by atoms with E-state index in [1.807, 2.05) is 24.3 Å². The number of fused-ring (bicyclic) bond motifs is 2. The third kappa shape index (κ3) is 4.26. The van der Waals surface area contributed by atoms with Gasteiger partial charge in [0, 0.05) is 5.02 Å². The van der Waals surface area contributed by atoms with Gasteiger partial charge in [0.15, 0.2) is 0 Å². The number of benzene rings is 2. The molecular weight excluding hydrogens is 420 g/mol. The molecule has 1 aliphatic carbocycles. The Morgan fingerprint density at radius 1 is 1.23 bits per heavy atom. The first-order chi connectivity index (χ1) is 14.9. The predicted octanol–water partition coefficient (Wildman–Crippen LogP) is 3.01. The van der Waals surface area contributed by atoms with Crippen molar-refractivity contribution in [3.8, 4) is 5.75 Å². The SMILES string of the molecule is COc1ccc2c(c1)CCCC21NC(=O)N(CC(O)COCc2ccc(Cl)cc2)C1=O. The van der Waals surface area contributed by atoms with Crippen molar-refractivity contribution in [3.05, 3.63) is 64.2 Å². The average molecular weight is 445 g/mol. The van der Waals surface area contributed by atoms with E-state index in [0.29, 0.717) is 18.1 Å². The molecule has 2 unspecified atom stereocenters. The number of methoxy groups -OCH3 is 1. The second-order valence-electron chi connectivity index (χ2n) is 7.92. The highest BCUT2D eigenvalue weighted by molar-refractivity contribution is 6.30. The van der Waals surface area contributed by atoms with E-state index >= 15 is 0 Å². The molecule has 2 atom stereocenters. The van der Waals surface area contributed by atoms with Gasteiger partial charge in [-0.3, -0.25) is 9.69 Å². The van der Waals surface area contributed by atoms with E-state index in [1.54, 1.807) is 25.3 Å². The van der Waals surface area contributed by atoms with Crippen LogP contribution in [0.5, 0.6) is 5.75 Å². The van der Waals surface area contributed by atoms with Gasteiger partial charge >= 0.3 is 6.03 Å². The molecule has 2 aromatic rings. The van der Waals surface area contributed by atoms with Gasteiger partial charge in [0.25, 0.3) is 5.91 Å². The van der Waals surface area contributed by atoms with Gasteiger partial charge in [-0.05, 0) is 60.2 Å². The molecule has 3 amide bonds. The quantitative estimate of drug-likeness (QED) is 0.641. The normalized spacial score (nSPS) is 21.2. The highest BCUT2D eigenvalue weighted by Gasteiger charge is 2.54. The number of nitrogens with one attached hydrogen (secondary N) is 1. The van der Waals surface area contributed by atoms with Gasteiger partial charge in [-0.2, -0.15) is 0 Å². The minimum Gasteiger partial charge on any atom is -0.497 e. The topological polar surface area (TPSA) is 88.1 Å². The molecule has 8 heteroatoms. The van der Waals surface area contributed by atoms with Crippen molar-refractivity contribution in [2.75, 3.05) is 20.3 Å². The number of rotatable bonds is 7. The molecule has 0 radical (unpaired) electrons. The van der Waals surface area contributed by atoms with Crippen molar-refractivity contribution in [3.63, 3.8) is 0 Å². The number of aliphatic hydroxyl groups is 1. The molecule has 1 heterocycles. The van der Waals surface area contributed by atoms with Gasteiger partial charge in [-0.15, -0.1) is 0 Å². The summed E-state index contributed by atoms with van der Waals surface area (Å²) in [4.78, 5) is 27.1. The fraction of sp³-hybridized carbons (Fsp3) is 0.391. The van der Waals surface area contributed by atoms with Crippen LogP contribution in [0.2, 0.25) is 5.02 Å². The number of carbonyl (C=O) groups excluding carboxylic acids is 2. The van der Waals surface area contributed by atoms with Crippen LogP contribution in [-0.2, 0) is 28.1 Å². The zero-order valence-electron chi connectivity index (χ0n) is 17.3. The van der Waals surface area contributed by atoms with Crippen molar-refractivity contribution in [2.45, 2.75) is 37.5 Å². The summed E-state index contributed by atoms with van der Waals surface area (Å²) in [6.07, 6.45) is 1.12. The summed E-state index contributed by atoms with van der Waals surface area (Å²) in [7, 11) is 1.60. The molecule has 2 aliphatic rings. The Morgan fingerprint density at radius 2 is 2.00 bits per heavy atom. The molecule has 0 aromatic heterocycles. The van der Waals surface area contributed by atoms with Gasteiger partial charge in [-0.1, -0.05) is 29.8 Å². The number of hydrogen-bond donors (Lipinski definition) is 2. The molecule has 31 heavy (non-hydrogen) atoms. The van der Waals surface area contributed by atoms with E-state index in [1.165, 1.54) is 0 Å². The summed E-state index contributed by atoms with van der Waals surface area (Å²) < 4.78 is 10.8. The van der Waals surface area contributed by atoms with Crippen LogP contribution >= 0.6 is 11.6 Å². The van der Waals surface area contributed by atoms with Gasteiger partial charge in [-0.25, -0.2) is 4.79 Å².